The molecule has 1 amide bonds. The molecule has 0 spiro atoms. The molecule has 1 aliphatic rings. The molecule has 3 heterocycles. The van der Waals surface area contributed by atoms with Crippen molar-refractivity contribution in [2.75, 3.05) is 17.7 Å². The molecule has 2 aromatic carbocycles. The van der Waals surface area contributed by atoms with Crippen molar-refractivity contribution in [1.82, 2.24) is 19.7 Å². The van der Waals surface area contributed by atoms with Gasteiger partial charge in [0.2, 0.25) is 5.95 Å². The van der Waals surface area contributed by atoms with Gasteiger partial charge < -0.3 is 15.4 Å². The summed E-state index contributed by atoms with van der Waals surface area (Å²) >= 11 is 6.61. The summed E-state index contributed by atoms with van der Waals surface area (Å²) < 4.78 is 7.09. The molecule has 170 valence electrons. The number of carbonyl (C=O) groups excluding carboxylic acids is 1. The van der Waals surface area contributed by atoms with E-state index in [1.54, 1.807) is 42.4 Å². The van der Waals surface area contributed by atoms with Gasteiger partial charge in [0, 0.05) is 34.2 Å². The zero-order valence-corrected chi connectivity index (χ0v) is 19.2. The van der Waals surface area contributed by atoms with Gasteiger partial charge in [-0.05, 0) is 37.3 Å². The average molecular weight is 473 g/mol. The molecular formula is C25H21ClN6O2. The fourth-order valence-corrected chi connectivity index (χ4v) is 4.23. The van der Waals surface area contributed by atoms with E-state index in [0.29, 0.717) is 39.5 Å². The van der Waals surface area contributed by atoms with Crippen LogP contribution in [0.3, 0.4) is 0 Å². The van der Waals surface area contributed by atoms with E-state index in [-0.39, 0.29) is 5.91 Å². The van der Waals surface area contributed by atoms with Crippen molar-refractivity contribution in [3.05, 3.63) is 94.9 Å². The Labute approximate surface area is 201 Å². The summed E-state index contributed by atoms with van der Waals surface area (Å²) in [6, 6.07) is 17.7. The highest BCUT2D eigenvalue weighted by molar-refractivity contribution is 6.31. The maximum atomic E-state index is 13.7. The first-order valence-corrected chi connectivity index (χ1v) is 11.0. The van der Waals surface area contributed by atoms with Crippen LogP contribution in [0.1, 0.15) is 18.5 Å². The van der Waals surface area contributed by atoms with Gasteiger partial charge in [0.1, 0.15) is 11.8 Å². The van der Waals surface area contributed by atoms with Gasteiger partial charge in [-0.3, -0.25) is 9.78 Å². The second-order valence-corrected chi connectivity index (χ2v) is 8.09. The van der Waals surface area contributed by atoms with Gasteiger partial charge in [-0.2, -0.15) is 4.98 Å². The minimum atomic E-state index is -0.595. The Kier molecular flexibility index (Phi) is 5.73. The van der Waals surface area contributed by atoms with Gasteiger partial charge in [-0.15, -0.1) is 5.10 Å². The lowest BCUT2D eigenvalue weighted by atomic mass is 9.95. The number of methoxy groups -OCH3 is 1. The number of para-hydroxylation sites is 2. The van der Waals surface area contributed by atoms with Crippen molar-refractivity contribution in [3.63, 3.8) is 0 Å². The lowest BCUT2D eigenvalue weighted by Crippen LogP contribution is -2.31. The van der Waals surface area contributed by atoms with E-state index in [4.69, 9.17) is 21.4 Å². The van der Waals surface area contributed by atoms with Crippen LogP contribution in [0.4, 0.5) is 11.6 Å². The lowest BCUT2D eigenvalue weighted by molar-refractivity contribution is -0.113. The number of hydrogen-bond donors (Lipinski definition) is 2. The van der Waals surface area contributed by atoms with Crippen LogP contribution in [-0.2, 0) is 4.79 Å². The molecule has 1 atom stereocenters. The molecule has 9 heteroatoms. The Hall–Kier alpha value is -4.17. The Morgan fingerprint density at radius 2 is 1.82 bits per heavy atom. The quantitative estimate of drug-likeness (QED) is 0.427. The molecule has 0 bridgehead atoms. The molecule has 0 aliphatic carbocycles. The minimum Gasteiger partial charge on any atom is -0.495 e. The number of ether oxygens (including phenoxy) is 1. The van der Waals surface area contributed by atoms with Crippen molar-refractivity contribution in [2.45, 2.75) is 13.0 Å². The summed E-state index contributed by atoms with van der Waals surface area (Å²) in [5.41, 5.74) is 3.24. The third-order valence-corrected chi connectivity index (χ3v) is 5.93. The number of nitrogens with zero attached hydrogens (tertiary/aromatic N) is 4. The van der Waals surface area contributed by atoms with Gasteiger partial charge >= 0.3 is 0 Å². The van der Waals surface area contributed by atoms with Gasteiger partial charge in [-0.25, -0.2) is 4.68 Å². The van der Waals surface area contributed by atoms with Gasteiger partial charge in [0.25, 0.3) is 5.91 Å². The number of aromatic nitrogens is 4. The predicted molar refractivity (Wildman–Crippen MR) is 131 cm³/mol. The van der Waals surface area contributed by atoms with Crippen LogP contribution in [0.5, 0.6) is 5.75 Å². The normalized spacial score (nSPS) is 14.9. The number of pyridine rings is 1. The first kappa shape index (κ1) is 21.7. The van der Waals surface area contributed by atoms with Crippen LogP contribution < -0.4 is 15.4 Å². The molecule has 2 N–H and O–H groups in total. The van der Waals surface area contributed by atoms with Crippen molar-refractivity contribution in [3.8, 4) is 17.1 Å². The number of benzene rings is 2. The SMILES string of the molecule is COc1ccccc1NC(=O)C1=C(C)Nc2nc(-c3ccncc3)nn2[C@H]1c1ccccc1Cl. The maximum Gasteiger partial charge on any atom is 0.255 e. The molecule has 0 radical (unpaired) electrons. The molecule has 5 rings (SSSR count). The van der Waals surface area contributed by atoms with E-state index in [9.17, 15) is 4.79 Å². The van der Waals surface area contributed by atoms with Crippen molar-refractivity contribution in [1.29, 1.82) is 0 Å². The van der Waals surface area contributed by atoms with Crippen LogP contribution in [-0.4, -0.2) is 32.8 Å². The lowest BCUT2D eigenvalue weighted by Gasteiger charge is -2.29. The smallest absolute Gasteiger partial charge is 0.255 e. The number of amides is 1. The highest BCUT2D eigenvalue weighted by Gasteiger charge is 2.35. The molecule has 0 saturated carbocycles. The number of allylic oxidation sites excluding steroid dienone is 1. The molecule has 1 aliphatic heterocycles. The molecule has 34 heavy (non-hydrogen) atoms. The molecule has 8 nitrogen and oxygen atoms in total. The van der Waals surface area contributed by atoms with Crippen LogP contribution in [0.25, 0.3) is 11.4 Å². The topological polar surface area (TPSA) is 94.0 Å². The summed E-state index contributed by atoms with van der Waals surface area (Å²) in [6.45, 7) is 1.84. The van der Waals surface area contributed by atoms with E-state index >= 15 is 0 Å². The van der Waals surface area contributed by atoms with Gasteiger partial charge in [-0.1, -0.05) is 41.9 Å². The van der Waals surface area contributed by atoms with Crippen molar-refractivity contribution in [2.24, 2.45) is 0 Å². The van der Waals surface area contributed by atoms with Crippen molar-refractivity contribution >= 4 is 29.1 Å². The van der Waals surface area contributed by atoms with Crippen molar-refractivity contribution < 1.29 is 9.53 Å². The Morgan fingerprint density at radius 3 is 2.59 bits per heavy atom. The predicted octanol–water partition coefficient (Wildman–Crippen LogP) is 4.93. The van der Waals surface area contributed by atoms with Crippen LogP contribution in [0.2, 0.25) is 5.02 Å². The summed E-state index contributed by atoms with van der Waals surface area (Å²) in [4.78, 5) is 22.4. The molecule has 0 saturated heterocycles. The zero-order valence-electron chi connectivity index (χ0n) is 18.5. The molecule has 4 aromatic rings. The number of fused-ring (bicyclic) bond motifs is 1. The molecule has 0 unspecified atom stereocenters. The second-order valence-electron chi connectivity index (χ2n) is 7.68. The average Bonchev–Trinajstić information content (AvgIpc) is 3.28. The Balaban J connectivity index is 1.62. The minimum absolute atomic E-state index is 0.300. The highest BCUT2D eigenvalue weighted by Crippen LogP contribution is 2.39. The largest absolute Gasteiger partial charge is 0.495 e. The number of nitrogens with one attached hydrogen (secondary N) is 2. The maximum absolute atomic E-state index is 13.7. The molecular weight excluding hydrogens is 452 g/mol. The zero-order chi connectivity index (χ0) is 23.7. The van der Waals surface area contributed by atoms with E-state index in [1.165, 1.54) is 0 Å². The van der Waals surface area contributed by atoms with E-state index in [1.807, 2.05) is 49.4 Å². The number of rotatable bonds is 5. The fraction of sp³-hybridized carbons (Fsp3) is 0.120. The van der Waals surface area contributed by atoms with E-state index in [0.717, 1.165) is 11.1 Å². The Morgan fingerprint density at radius 1 is 1.09 bits per heavy atom. The summed E-state index contributed by atoms with van der Waals surface area (Å²) in [6.07, 6.45) is 3.37. The van der Waals surface area contributed by atoms with E-state index in [2.05, 4.69) is 20.6 Å². The second kappa shape index (κ2) is 8.99. The number of anilines is 2. The summed E-state index contributed by atoms with van der Waals surface area (Å²) in [5.74, 6) is 1.30. The van der Waals surface area contributed by atoms with Gasteiger partial charge in [0.05, 0.1) is 18.4 Å². The standard InChI is InChI=1S/C25H21ClN6O2/c1-15-21(24(33)29-19-9-5-6-10-20(19)34-2)22(17-7-3-4-8-18(17)26)32-25(28-15)30-23(31-32)16-11-13-27-14-12-16/h3-14,22H,1-2H3,(H,29,33)(H,28,30,31)/t22-/m0/s1. The van der Waals surface area contributed by atoms with Crippen LogP contribution in [0, 0.1) is 0 Å². The number of hydrogen-bond acceptors (Lipinski definition) is 6. The molecule has 0 fully saturated rings. The number of halogens is 1. The van der Waals surface area contributed by atoms with Gasteiger partial charge in [0.15, 0.2) is 5.82 Å². The monoisotopic (exact) mass is 472 g/mol. The third-order valence-electron chi connectivity index (χ3n) is 5.59. The van der Waals surface area contributed by atoms with Crippen LogP contribution >= 0.6 is 11.6 Å². The van der Waals surface area contributed by atoms with Crippen LogP contribution in [0.15, 0.2) is 84.3 Å². The summed E-state index contributed by atoms with van der Waals surface area (Å²) in [7, 11) is 1.56. The molecule has 2 aromatic heterocycles. The first-order chi connectivity index (χ1) is 16.6. The fourth-order valence-electron chi connectivity index (χ4n) is 3.99. The first-order valence-electron chi connectivity index (χ1n) is 10.6. The van der Waals surface area contributed by atoms with E-state index < -0.39 is 6.04 Å². The summed E-state index contributed by atoms with van der Waals surface area (Å²) in [5, 5.41) is 11.5. The third kappa shape index (κ3) is 3.88. The number of carbonyl (C=O) groups is 1. The highest BCUT2D eigenvalue weighted by atomic mass is 35.5. The Bertz CT molecular complexity index is 1400.